The predicted octanol–water partition coefficient (Wildman–Crippen LogP) is 6.82. The van der Waals surface area contributed by atoms with Crippen LogP contribution in [0.4, 0.5) is 5.69 Å². The van der Waals surface area contributed by atoms with Crippen LogP contribution in [0.1, 0.15) is 24.5 Å². The second-order valence-corrected chi connectivity index (χ2v) is 10.2. The fourth-order valence-electron chi connectivity index (χ4n) is 3.59. The highest BCUT2D eigenvalue weighted by Gasteiger charge is 2.22. The number of anilines is 1. The SMILES string of the molecule is CCCc1cn(S(=O)(=O)c2ccc(C)cc2)c2ccc(Oc3c(Cl)cc(N)cc3Cl)cc12. The highest BCUT2D eigenvalue weighted by Crippen LogP contribution is 2.39. The number of aromatic nitrogens is 1. The summed E-state index contributed by atoms with van der Waals surface area (Å²) >= 11 is 12.5. The molecule has 4 aromatic rings. The molecule has 0 aliphatic heterocycles. The molecule has 0 aliphatic carbocycles. The molecular formula is C24H22Cl2N2O3S. The van der Waals surface area contributed by atoms with Crippen LogP contribution in [-0.2, 0) is 16.4 Å². The van der Waals surface area contributed by atoms with Gasteiger partial charge in [0.1, 0.15) is 5.75 Å². The van der Waals surface area contributed by atoms with Crippen molar-refractivity contribution >= 4 is 49.8 Å². The highest BCUT2D eigenvalue weighted by molar-refractivity contribution is 7.90. The molecule has 166 valence electrons. The van der Waals surface area contributed by atoms with E-state index in [0.717, 1.165) is 29.4 Å². The lowest BCUT2D eigenvalue weighted by Gasteiger charge is -2.11. The summed E-state index contributed by atoms with van der Waals surface area (Å²) in [6.45, 7) is 3.97. The first kappa shape index (κ1) is 22.5. The molecule has 0 fully saturated rings. The molecule has 0 saturated heterocycles. The summed E-state index contributed by atoms with van der Waals surface area (Å²) in [6, 6.07) is 15.2. The van der Waals surface area contributed by atoms with Gasteiger partial charge in [0.2, 0.25) is 0 Å². The fourth-order valence-corrected chi connectivity index (χ4v) is 5.57. The molecule has 0 atom stereocenters. The lowest BCUT2D eigenvalue weighted by molar-refractivity contribution is 0.484. The van der Waals surface area contributed by atoms with Crippen LogP contribution in [0.5, 0.6) is 11.5 Å². The number of nitrogens with zero attached hydrogens (tertiary/aromatic N) is 1. The standard InChI is InChI=1S/C24H22Cl2N2O3S/c1-3-4-16-14-28(32(29,30)19-8-5-15(2)6-9-19)23-10-7-18(13-20(16)23)31-24-21(25)11-17(27)12-22(24)26/h5-14H,3-4,27H2,1-2H3. The first-order valence-corrected chi connectivity index (χ1v) is 12.3. The Bertz CT molecular complexity index is 1390. The Morgan fingerprint density at radius 2 is 1.66 bits per heavy atom. The molecule has 8 heteroatoms. The molecule has 0 aliphatic rings. The van der Waals surface area contributed by atoms with Crippen LogP contribution in [0.15, 0.2) is 65.7 Å². The normalized spacial score (nSPS) is 11.8. The van der Waals surface area contributed by atoms with E-state index < -0.39 is 10.0 Å². The lowest BCUT2D eigenvalue weighted by atomic mass is 10.1. The van der Waals surface area contributed by atoms with Gasteiger partial charge in [0, 0.05) is 17.3 Å². The highest BCUT2D eigenvalue weighted by atomic mass is 35.5. The van der Waals surface area contributed by atoms with E-state index in [1.54, 1.807) is 54.7 Å². The summed E-state index contributed by atoms with van der Waals surface area (Å²) in [5, 5.41) is 1.38. The van der Waals surface area contributed by atoms with E-state index in [0.29, 0.717) is 32.7 Å². The Balaban J connectivity index is 1.82. The second-order valence-electron chi connectivity index (χ2n) is 7.61. The number of fused-ring (bicyclic) bond motifs is 1. The minimum atomic E-state index is -3.75. The van der Waals surface area contributed by atoms with Crippen LogP contribution in [-0.4, -0.2) is 12.4 Å². The van der Waals surface area contributed by atoms with Crippen LogP contribution in [0.25, 0.3) is 10.9 Å². The molecule has 0 bridgehead atoms. The molecule has 0 amide bonds. The van der Waals surface area contributed by atoms with E-state index in [1.807, 2.05) is 19.9 Å². The van der Waals surface area contributed by atoms with Crippen molar-refractivity contribution in [2.45, 2.75) is 31.6 Å². The van der Waals surface area contributed by atoms with Gasteiger partial charge in [-0.3, -0.25) is 0 Å². The van der Waals surface area contributed by atoms with Crippen LogP contribution in [0.2, 0.25) is 10.0 Å². The minimum Gasteiger partial charge on any atom is -0.454 e. The van der Waals surface area contributed by atoms with E-state index in [-0.39, 0.29) is 4.90 Å². The summed E-state index contributed by atoms with van der Waals surface area (Å²) in [6.07, 6.45) is 3.28. The number of ether oxygens (including phenoxy) is 1. The predicted molar refractivity (Wildman–Crippen MR) is 131 cm³/mol. The average molecular weight is 489 g/mol. The van der Waals surface area contributed by atoms with Gasteiger partial charge < -0.3 is 10.5 Å². The Morgan fingerprint density at radius 3 is 2.28 bits per heavy atom. The molecule has 1 aromatic heterocycles. The largest absolute Gasteiger partial charge is 0.454 e. The third kappa shape index (κ3) is 4.18. The van der Waals surface area contributed by atoms with Crippen LogP contribution in [0, 0.1) is 6.92 Å². The third-order valence-electron chi connectivity index (χ3n) is 5.16. The molecule has 4 rings (SSSR count). The molecular weight excluding hydrogens is 467 g/mol. The van der Waals surface area contributed by atoms with Crippen molar-refractivity contribution in [1.29, 1.82) is 0 Å². The van der Waals surface area contributed by atoms with Crippen molar-refractivity contribution in [3.8, 4) is 11.5 Å². The summed E-state index contributed by atoms with van der Waals surface area (Å²) in [4.78, 5) is 0.240. The number of hydrogen-bond donors (Lipinski definition) is 1. The van der Waals surface area contributed by atoms with Crippen molar-refractivity contribution in [2.75, 3.05) is 5.73 Å². The Kier molecular flexibility index (Phi) is 6.12. The summed E-state index contributed by atoms with van der Waals surface area (Å²) in [5.74, 6) is 0.791. The minimum absolute atomic E-state index is 0.240. The van der Waals surface area contributed by atoms with Gasteiger partial charge in [-0.05, 0) is 61.4 Å². The first-order chi connectivity index (χ1) is 15.2. The first-order valence-electron chi connectivity index (χ1n) is 10.1. The maximum atomic E-state index is 13.4. The molecule has 0 unspecified atom stereocenters. The molecule has 32 heavy (non-hydrogen) atoms. The van der Waals surface area contributed by atoms with Gasteiger partial charge in [0.25, 0.3) is 10.0 Å². The third-order valence-corrected chi connectivity index (χ3v) is 7.41. The summed E-state index contributed by atoms with van der Waals surface area (Å²) in [7, 11) is -3.75. The molecule has 2 N–H and O–H groups in total. The number of nitrogen functional groups attached to an aromatic ring is 1. The van der Waals surface area contributed by atoms with E-state index in [4.69, 9.17) is 33.7 Å². The van der Waals surface area contributed by atoms with Gasteiger partial charge >= 0.3 is 0 Å². The van der Waals surface area contributed by atoms with Gasteiger partial charge in [-0.15, -0.1) is 0 Å². The van der Waals surface area contributed by atoms with E-state index in [2.05, 4.69) is 0 Å². The van der Waals surface area contributed by atoms with Crippen molar-refractivity contribution in [1.82, 2.24) is 3.97 Å². The van der Waals surface area contributed by atoms with Crippen molar-refractivity contribution in [3.05, 3.63) is 82.0 Å². The summed E-state index contributed by atoms with van der Waals surface area (Å²) < 4.78 is 34.0. The molecule has 0 saturated carbocycles. The summed E-state index contributed by atoms with van der Waals surface area (Å²) in [5.41, 5.74) is 8.69. The van der Waals surface area contributed by atoms with Crippen molar-refractivity contribution in [3.63, 3.8) is 0 Å². The molecule has 0 spiro atoms. The fraction of sp³-hybridized carbons (Fsp3) is 0.167. The van der Waals surface area contributed by atoms with E-state index in [9.17, 15) is 8.42 Å². The number of aryl methyl sites for hydroxylation is 2. The smallest absolute Gasteiger partial charge is 0.268 e. The molecule has 5 nitrogen and oxygen atoms in total. The van der Waals surface area contributed by atoms with Gasteiger partial charge in [-0.1, -0.05) is 54.2 Å². The van der Waals surface area contributed by atoms with Gasteiger partial charge in [0.15, 0.2) is 5.75 Å². The number of rotatable bonds is 6. The Morgan fingerprint density at radius 1 is 1.00 bits per heavy atom. The number of halogens is 2. The zero-order valence-corrected chi connectivity index (χ0v) is 19.9. The Hall–Kier alpha value is -2.67. The quantitative estimate of drug-likeness (QED) is 0.302. The van der Waals surface area contributed by atoms with Crippen molar-refractivity contribution in [2.24, 2.45) is 0 Å². The maximum absolute atomic E-state index is 13.4. The Labute approximate surface area is 197 Å². The van der Waals surface area contributed by atoms with Crippen LogP contribution in [0.3, 0.4) is 0 Å². The second kappa shape index (κ2) is 8.70. The zero-order chi connectivity index (χ0) is 23.0. The number of nitrogens with two attached hydrogens (primary N) is 1. The molecule has 1 heterocycles. The number of benzene rings is 3. The maximum Gasteiger partial charge on any atom is 0.268 e. The average Bonchev–Trinajstić information content (AvgIpc) is 3.10. The van der Waals surface area contributed by atoms with E-state index >= 15 is 0 Å². The molecule has 3 aromatic carbocycles. The zero-order valence-electron chi connectivity index (χ0n) is 17.6. The van der Waals surface area contributed by atoms with E-state index in [1.165, 1.54) is 3.97 Å². The molecule has 0 radical (unpaired) electrons. The monoisotopic (exact) mass is 488 g/mol. The van der Waals surface area contributed by atoms with Crippen LogP contribution < -0.4 is 10.5 Å². The van der Waals surface area contributed by atoms with Crippen molar-refractivity contribution < 1.29 is 13.2 Å². The van der Waals surface area contributed by atoms with Gasteiger partial charge in [-0.25, -0.2) is 12.4 Å². The topological polar surface area (TPSA) is 74.3 Å². The van der Waals surface area contributed by atoms with Gasteiger partial charge in [-0.2, -0.15) is 0 Å². The van der Waals surface area contributed by atoms with Gasteiger partial charge in [0.05, 0.1) is 20.5 Å². The lowest BCUT2D eigenvalue weighted by Crippen LogP contribution is -2.11. The number of hydrogen-bond acceptors (Lipinski definition) is 4. The van der Waals surface area contributed by atoms with Crippen LogP contribution >= 0.6 is 23.2 Å².